The fourth-order valence-corrected chi connectivity index (χ4v) is 2.32. The van der Waals surface area contributed by atoms with Gasteiger partial charge in [0.25, 0.3) is 0 Å². The summed E-state index contributed by atoms with van der Waals surface area (Å²) in [6.07, 6.45) is 0. The monoisotopic (exact) mass is 226 g/mol. The van der Waals surface area contributed by atoms with E-state index in [-0.39, 0.29) is 13.2 Å². The zero-order chi connectivity index (χ0) is 10.7. The molecule has 0 radical (unpaired) electrons. The quantitative estimate of drug-likeness (QED) is 0.574. The average Bonchev–Trinajstić information content (AvgIpc) is 2.24. The third-order valence-corrected chi connectivity index (χ3v) is 3.14. The highest BCUT2D eigenvalue weighted by Crippen LogP contribution is 2.51. The predicted octanol–water partition coefficient (Wildman–Crippen LogP) is 2.78. The van der Waals surface area contributed by atoms with Crippen molar-refractivity contribution >= 4 is 7.82 Å². The van der Waals surface area contributed by atoms with Crippen molar-refractivity contribution in [1.29, 1.82) is 0 Å². The molecule has 0 spiro atoms. The van der Waals surface area contributed by atoms with Crippen LogP contribution in [0.2, 0.25) is 0 Å². The second-order valence-corrected chi connectivity index (χ2v) is 4.74. The summed E-state index contributed by atoms with van der Waals surface area (Å²) in [7, 11) is -3.43. The largest absolute Gasteiger partial charge is 0.530 e. The molecule has 2 rings (SSSR count). The van der Waals surface area contributed by atoms with Crippen molar-refractivity contribution in [3.63, 3.8) is 0 Å². The molecule has 0 atom stereocenters. The van der Waals surface area contributed by atoms with Crippen molar-refractivity contribution in [2.75, 3.05) is 13.2 Å². The fraction of sp³-hybridized carbons (Fsp3) is 0.200. The first kappa shape index (κ1) is 10.4. The van der Waals surface area contributed by atoms with Gasteiger partial charge in [0.15, 0.2) is 0 Å². The molecule has 0 saturated carbocycles. The molecule has 1 aromatic rings. The van der Waals surface area contributed by atoms with Crippen molar-refractivity contribution in [2.45, 2.75) is 0 Å². The van der Waals surface area contributed by atoms with E-state index in [2.05, 4.69) is 6.58 Å². The molecule has 15 heavy (non-hydrogen) atoms. The number of hydrogen-bond donors (Lipinski definition) is 0. The normalized spacial score (nSPS) is 19.9. The molecule has 1 aliphatic rings. The summed E-state index contributed by atoms with van der Waals surface area (Å²) in [5.41, 5.74) is 0.748. The summed E-state index contributed by atoms with van der Waals surface area (Å²) in [6, 6.07) is 8.79. The van der Waals surface area contributed by atoms with E-state index < -0.39 is 7.82 Å². The van der Waals surface area contributed by atoms with E-state index in [1.807, 2.05) is 6.07 Å². The summed E-state index contributed by atoms with van der Waals surface area (Å²) in [6.45, 7) is 4.08. The molecule has 1 aromatic carbocycles. The van der Waals surface area contributed by atoms with Gasteiger partial charge < -0.3 is 4.52 Å². The molecular formula is C10H11O4P. The van der Waals surface area contributed by atoms with E-state index in [0.717, 1.165) is 5.57 Å². The minimum absolute atomic E-state index is 0.212. The van der Waals surface area contributed by atoms with Gasteiger partial charge in [-0.15, -0.1) is 0 Å². The lowest BCUT2D eigenvalue weighted by molar-refractivity contribution is 0.141. The number of phosphoric ester groups is 1. The molecule has 1 saturated heterocycles. The standard InChI is InChI=1S/C10H11O4P/c1-9-7-12-15(11,13-8-9)14-10-5-3-2-4-6-10/h2-6H,1,7-8H2. The van der Waals surface area contributed by atoms with Gasteiger partial charge in [0, 0.05) is 0 Å². The van der Waals surface area contributed by atoms with Crippen LogP contribution in [-0.2, 0) is 13.6 Å². The lowest BCUT2D eigenvalue weighted by Gasteiger charge is -2.23. The van der Waals surface area contributed by atoms with Crippen molar-refractivity contribution in [3.05, 3.63) is 42.5 Å². The highest BCUT2D eigenvalue weighted by Gasteiger charge is 2.32. The number of hydrogen-bond acceptors (Lipinski definition) is 4. The van der Waals surface area contributed by atoms with Crippen LogP contribution in [0.1, 0.15) is 0 Å². The summed E-state index contributed by atoms with van der Waals surface area (Å²) < 4.78 is 27.0. The first-order valence-electron chi connectivity index (χ1n) is 4.48. The molecule has 1 aliphatic heterocycles. The van der Waals surface area contributed by atoms with Crippen molar-refractivity contribution < 1.29 is 18.1 Å². The van der Waals surface area contributed by atoms with Gasteiger partial charge in [-0.2, -0.15) is 0 Å². The Bertz CT molecular complexity index is 387. The van der Waals surface area contributed by atoms with Gasteiger partial charge in [0.1, 0.15) is 5.75 Å². The van der Waals surface area contributed by atoms with Crippen LogP contribution in [0.3, 0.4) is 0 Å². The maximum Gasteiger partial charge on any atom is 0.530 e. The van der Waals surface area contributed by atoms with Crippen LogP contribution in [0.4, 0.5) is 0 Å². The molecule has 0 unspecified atom stereocenters. The second-order valence-electron chi connectivity index (χ2n) is 3.15. The van der Waals surface area contributed by atoms with E-state index in [1.165, 1.54) is 0 Å². The fourth-order valence-electron chi connectivity index (χ4n) is 1.08. The second kappa shape index (κ2) is 4.19. The van der Waals surface area contributed by atoms with Gasteiger partial charge in [-0.3, -0.25) is 9.05 Å². The molecule has 4 nitrogen and oxygen atoms in total. The van der Waals surface area contributed by atoms with Crippen LogP contribution in [-0.4, -0.2) is 13.2 Å². The SMILES string of the molecule is C=C1COP(=O)(Oc2ccccc2)OC1. The van der Waals surface area contributed by atoms with E-state index in [0.29, 0.717) is 5.75 Å². The molecule has 0 N–H and O–H groups in total. The molecule has 0 amide bonds. The minimum atomic E-state index is -3.43. The zero-order valence-corrected chi connectivity index (χ0v) is 8.98. The Hall–Kier alpha value is -1.09. The third-order valence-electron chi connectivity index (χ3n) is 1.81. The molecule has 1 heterocycles. The number of phosphoric acid groups is 1. The van der Waals surface area contributed by atoms with Crippen LogP contribution in [0.5, 0.6) is 5.75 Å². The molecule has 1 fully saturated rings. The molecule has 0 aliphatic carbocycles. The van der Waals surface area contributed by atoms with E-state index in [1.54, 1.807) is 24.3 Å². The van der Waals surface area contributed by atoms with Gasteiger partial charge in [-0.05, 0) is 17.7 Å². The van der Waals surface area contributed by atoms with Crippen LogP contribution in [0.15, 0.2) is 42.5 Å². The Morgan fingerprint density at radius 1 is 1.20 bits per heavy atom. The predicted molar refractivity (Wildman–Crippen MR) is 55.7 cm³/mol. The highest BCUT2D eigenvalue weighted by molar-refractivity contribution is 7.49. The molecule has 0 bridgehead atoms. The van der Waals surface area contributed by atoms with Gasteiger partial charge >= 0.3 is 7.82 Å². The first-order chi connectivity index (χ1) is 7.18. The van der Waals surface area contributed by atoms with Crippen LogP contribution >= 0.6 is 7.82 Å². The van der Waals surface area contributed by atoms with Gasteiger partial charge in [-0.1, -0.05) is 24.8 Å². The summed E-state index contributed by atoms with van der Waals surface area (Å²) >= 11 is 0. The van der Waals surface area contributed by atoms with Gasteiger partial charge in [0.2, 0.25) is 0 Å². The average molecular weight is 226 g/mol. The van der Waals surface area contributed by atoms with Crippen LogP contribution in [0.25, 0.3) is 0 Å². The van der Waals surface area contributed by atoms with Crippen molar-refractivity contribution in [2.24, 2.45) is 0 Å². The maximum absolute atomic E-state index is 11.8. The van der Waals surface area contributed by atoms with Gasteiger partial charge in [-0.25, -0.2) is 4.57 Å². The molecule has 5 heteroatoms. The lowest BCUT2D eigenvalue weighted by atomic mass is 10.3. The Balaban J connectivity index is 2.06. The third kappa shape index (κ3) is 2.69. The van der Waals surface area contributed by atoms with Gasteiger partial charge in [0.05, 0.1) is 13.2 Å². The van der Waals surface area contributed by atoms with E-state index >= 15 is 0 Å². The molecule has 80 valence electrons. The highest BCUT2D eigenvalue weighted by atomic mass is 31.2. The van der Waals surface area contributed by atoms with Crippen LogP contribution in [0, 0.1) is 0 Å². The Kier molecular flexibility index (Phi) is 2.91. The zero-order valence-electron chi connectivity index (χ0n) is 8.09. The van der Waals surface area contributed by atoms with E-state index in [9.17, 15) is 4.57 Å². The summed E-state index contributed by atoms with van der Waals surface area (Å²) in [5, 5.41) is 0. The number of rotatable bonds is 2. The molecule has 0 aromatic heterocycles. The first-order valence-corrected chi connectivity index (χ1v) is 5.94. The maximum atomic E-state index is 11.8. The Labute approximate surface area is 88.1 Å². The topological polar surface area (TPSA) is 44.8 Å². The minimum Gasteiger partial charge on any atom is -0.404 e. The number of benzene rings is 1. The summed E-state index contributed by atoms with van der Waals surface area (Å²) in [5.74, 6) is 0.466. The van der Waals surface area contributed by atoms with Crippen LogP contribution < -0.4 is 4.52 Å². The summed E-state index contributed by atoms with van der Waals surface area (Å²) in [4.78, 5) is 0. The molecular weight excluding hydrogens is 215 g/mol. The Morgan fingerprint density at radius 3 is 2.40 bits per heavy atom. The lowest BCUT2D eigenvalue weighted by Crippen LogP contribution is -2.14. The Morgan fingerprint density at radius 2 is 1.80 bits per heavy atom. The van der Waals surface area contributed by atoms with E-state index in [4.69, 9.17) is 13.6 Å². The smallest absolute Gasteiger partial charge is 0.404 e. The van der Waals surface area contributed by atoms with Crippen molar-refractivity contribution in [1.82, 2.24) is 0 Å². The van der Waals surface area contributed by atoms with Crippen molar-refractivity contribution in [3.8, 4) is 5.75 Å². The number of para-hydroxylation sites is 1.